The Labute approximate surface area is 123 Å². The highest BCUT2D eigenvalue weighted by atomic mass is 32.2. The van der Waals surface area contributed by atoms with Crippen LogP contribution < -0.4 is 4.74 Å². The number of rotatable bonds is 3. The highest BCUT2D eigenvalue weighted by Crippen LogP contribution is 2.28. The summed E-state index contributed by atoms with van der Waals surface area (Å²) in [6.07, 6.45) is 1.56. The first-order valence-corrected chi connectivity index (χ1v) is 7.94. The number of nitrogens with zero attached hydrogens (tertiary/aromatic N) is 1. The van der Waals surface area contributed by atoms with Crippen LogP contribution in [0.2, 0.25) is 0 Å². The molecule has 0 saturated heterocycles. The molecule has 0 N–H and O–H groups in total. The van der Waals surface area contributed by atoms with Crippen molar-refractivity contribution in [3.05, 3.63) is 60.3 Å². The van der Waals surface area contributed by atoms with Crippen LogP contribution in [-0.2, 0) is 10.0 Å². The highest BCUT2D eigenvalue weighted by molar-refractivity contribution is 7.90. The minimum atomic E-state index is -3.60. The molecule has 1 aromatic heterocycles. The molecule has 4 nitrogen and oxygen atoms in total. The Hall–Kier alpha value is -2.27. The SMILES string of the molecule is COc1cccc2c1ccn2S(=O)(=O)c1ccc(C)cc1. The van der Waals surface area contributed by atoms with Gasteiger partial charge in [-0.1, -0.05) is 23.8 Å². The maximum atomic E-state index is 12.7. The van der Waals surface area contributed by atoms with E-state index in [1.54, 1.807) is 55.8 Å². The third kappa shape index (κ3) is 2.19. The first-order valence-electron chi connectivity index (χ1n) is 6.50. The molecule has 0 bridgehead atoms. The molecule has 2 aromatic carbocycles. The van der Waals surface area contributed by atoms with E-state index in [0.29, 0.717) is 11.3 Å². The second kappa shape index (κ2) is 4.93. The molecule has 21 heavy (non-hydrogen) atoms. The molecule has 0 radical (unpaired) electrons. The van der Waals surface area contributed by atoms with Crippen molar-refractivity contribution >= 4 is 20.9 Å². The molecule has 108 valence electrons. The molecule has 0 aliphatic rings. The molecule has 1 heterocycles. The molecule has 5 heteroatoms. The molecule has 0 fully saturated rings. The van der Waals surface area contributed by atoms with Crippen molar-refractivity contribution in [3.63, 3.8) is 0 Å². The number of ether oxygens (including phenoxy) is 1. The lowest BCUT2D eigenvalue weighted by Crippen LogP contribution is -2.11. The van der Waals surface area contributed by atoms with Crippen molar-refractivity contribution in [2.45, 2.75) is 11.8 Å². The predicted molar refractivity (Wildman–Crippen MR) is 82.3 cm³/mol. The van der Waals surface area contributed by atoms with E-state index >= 15 is 0 Å². The van der Waals surface area contributed by atoms with Crippen molar-refractivity contribution in [1.82, 2.24) is 3.97 Å². The molecule has 3 aromatic rings. The molecule has 0 aliphatic heterocycles. The summed E-state index contributed by atoms with van der Waals surface area (Å²) < 4.78 is 32.0. The summed E-state index contributed by atoms with van der Waals surface area (Å²) in [5, 5.41) is 0.774. The number of benzene rings is 2. The van der Waals surface area contributed by atoms with Crippen LogP contribution in [0.5, 0.6) is 5.75 Å². The zero-order valence-electron chi connectivity index (χ0n) is 11.8. The van der Waals surface area contributed by atoms with Gasteiger partial charge in [0, 0.05) is 11.6 Å². The molecule has 0 amide bonds. The van der Waals surface area contributed by atoms with Crippen molar-refractivity contribution in [1.29, 1.82) is 0 Å². The zero-order valence-corrected chi connectivity index (χ0v) is 12.6. The van der Waals surface area contributed by atoms with Gasteiger partial charge >= 0.3 is 0 Å². The van der Waals surface area contributed by atoms with Crippen molar-refractivity contribution < 1.29 is 13.2 Å². The van der Waals surface area contributed by atoms with Gasteiger partial charge in [0.25, 0.3) is 10.0 Å². The zero-order chi connectivity index (χ0) is 15.0. The Kier molecular flexibility index (Phi) is 3.22. The van der Waals surface area contributed by atoms with Gasteiger partial charge in [-0.25, -0.2) is 12.4 Å². The molecule has 0 aliphatic carbocycles. The van der Waals surface area contributed by atoms with Crippen LogP contribution in [0.4, 0.5) is 0 Å². The number of fused-ring (bicyclic) bond motifs is 1. The average molecular weight is 301 g/mol. The summed E-state index contributed by atoms with van der Waals surface area (Å²) >= 11 is 0. The van der Waals surface area contributed by atoms with E-state index in [9.17, 15) is 8.42 Å². The third-order valence-electron chi connectivity index (χ3n) is 3.45. The average Bonchev–Trinajstić information content (AvgIpc) is 2.92. The van der Waals surface area contributed by atoms with E-state index in [0.717, 1.165) is 10.9 Å². The molecular weight excluding hydrogens is 286 g/mol. The lowest BCUT2D eigenvalue weighted by molar-refractivity contribution is 0.420. The van der Waals surface area contributed by atoms with Crippen molar-refractivity contribution in [3.8, 4) is 5.75 Å². The second-order valence-corrected chi connectivity index (χ2v) is 6.64. The standard InChI is InChI=1S/C16H15NO3S/c1-12-6-8-13(9-7-12)21(18,19)17-11-10-14-15(17)4-3-5-16(14)20-2/h3-11H,1-2H3. The van der Waals surface area contributed by atoms with E-state index < -0.39 is 10.0 Å². The van der Waals surface area contributed by atoms with Crippen LogP contribution in [0.1, 0.15) is 5.56 Å². The first-order chi connectivity index (χ1) is 10.0. The Morgan fingerprint density at radius 3 is 2.38 bits per heavy atom. The minimum absolute atomic E-state index is 0.272. The Balaban J connectivity index is 2.22. The molecule has 0 unspecified atom stereocenters. The minimum Gasteiger partial charge on any atom is -0.496 e. The number of hydrogen-bond donors (Lipinski definition) is 0. The number of aromatic nitrogens is 1. The van der Waals surface area contributed by atoms with Crippen molar-refractivity contribution in [2.75, 3.05) is 7.11 Å². The lowest BCUT2D eigenvalue weighted by atomic mass is 10.2. The maximum Gasteiger partial charge on any atom is 0.268 e. The molecule has 3 rings (SSSR count). The predicted octanol–water partition coefficient (Wildman–Crippen LogP) is 3.20. The van der Waals surface area contributed by atoms with Crippen LogP contribution in [0.15, 0.2) is 59.6 Å². The smallest absolute Gasteiger partial charge is 0.268 e. The molecule has 0 spiro atoms. The van der Waals surface area contributed by atoms with Crippen LogP contribution in [0.25, 0.3) is 10.9 Å². The Morgan fingerprint density at radius 1 is 1.00 bits per heavy atom. The van der Waals surface area contributed by atoms with Crippen LogP contribution in [0, 0.1) is 6.92 Å². The van der Waals surface area contributed by atoms with Gasteiger partial charge in [0.2, 0.25) is 0 Å². The van der Waals surface area contributed by atoms with E-state index in [4.69, 9.17) is 4.74 Å². The van der Waals surface area contributed by atoms with Gasteiger partial charge in [-0.05, 0) is 37.3 Å². The van der Waals surface area contributed by atoms with Gasteiger partial charge in [-0.3, -0.25) is 0 Å². The van der Waals surface area contributed by atoms with Gasteiger partial charge in [0.1, 0.15) is 5.75 Å². The fraction of sp³-hybridized carbons (Fsp3) is 0.125. The number of hydrogen-bond acceptors (Lipinski definition) is 3. The molecule has 0 saturated carbocycles. The normalized spacial score (nSPS) is 11.7. The highest BCUT2D eigenvalue weighted by Gasteiger charge is 2.19. The molecule has 0 atom stereocenters. The topological polar surface area (TPSA) is 48.3 Å². The summed E-state index contributed by atoms with van der Waals surface area (Å²) in [5.74, 6) is 0.658. The van der Waals surface area contributed by atoms with Crippen molar-refractivity contribution in [2.24, 2.45) is 0 Å². The maximum absolute atomic E-state index is 12.7. The third-order valence-corrected chi connectivity index (χ3v) is 5.16. The van der Waals surface area contributed by atoms with Gasteiger partial charge in [0.05, 0.1) is 17.5 Å². The van der Waals surface area contributed by atoms with Gasteiger partial charge in [0.15, 0.2) is 0 Å². The van der Waals surface area contributed by atoms with E-state index in [-0.39, 0.29) is 4.90 Å². The van der Waals surface area contributed by atoms with Crippen LogP contribution in [0.3, 0.4) is 0 Å². The van der Waals surface area contributed by atoms with Gasteiger partial charge in [-0.2, -0.15) is 0 Å². The monoisotopic (exact) mass is 301 g/mol. The summed E-state index contributed by atoms with van der Waals surface area (Å²) in [6.45, 7) is 1.92. The fourth-order valence-electron chi connectivity index (χ4n) is 2.33. The largest absolute Gasteiger partial charge is 0.496 e. The summed E-state index contributed by atoms with van der Waals surface area (Å²) in [4.78, 5) is 0.272. The Bertz CT molecular complexity index is 893. The second-order valence-electron chi connectivity index (χ2n) is 4.82. The number of methoxy groups -OCH3 is 1. The van der Waals surface area contributed by atoms with Gasteiger partial charge < -0.3 is 4.74 Å². The first kappa shape index (κ1) is 13.7. The summed E-state index contributed by atoms with van der Waals surface area (Å²) in [6, 6.07) is 13.9. The lowest BCUT2D eigenvalue weighted by Gasteiger charge is -2.08. The van der Waals surface area contributed by atoms with E-state index in [1.165, 1.54) is 3.97 Å². The quantitative estimate of drug-likeness (QED) is 0.746. The summed E-state index contributed by atoms with van der Waals surface area (Å²) in [7, 11) is -2.03. The van der Waals surface area contributed by atoms with Gasteiger partial charge in [-0.15, -0.1) is 0 Å². The van der Waals surface area contributed by atoms with Crippen LogP contribution in [-0.4, -0.2) is 19.5 Å². The summed E-state index contributed by atoms with van der Waals surface area (Å²) in [5.41, 5.74) is 1.63. The molecular formula is C16H15NO3S. The van der Waals surface area contributed by atoms with Crippen LogP contribution >= 0.6 is 0 Å². The number of aryl methyl sites for hydroxylation is 1. The van der Waals surface area contributed by atoms with E-state index in [1.807, 2.05) is 13.0 Å². The Morgan fingerprint density at radius 2 is 1.71 bits per heavy atom. The van der Waals surface area contributed by atoms with E-state index in [2.05, 4.69) is 0 Å². The fourth-order valence-corrected chi connectivity index (χ4v) is 3.67.